The Balaban J connectivity index is 1.98. The van der Waals surface area contributed by atoms with Crippen molar-refractivity contribution in [1.29, 1.82) is 0 Å². The smallest absolute Gasteiger partial charge is 0.239 e. The zero-order valence-electron chi connectivity index (χ0n) is 12.9. The summed E-state index contributed by atoms with van der Waals surface area (Å²) in [6.45, 7) is 6.32. The molecule has 0 spiro atoms. The Labute approximate surface area is 126 Å². The summed E-state index contributed by atoms with van der Waals surface area (Å²) in [6, 6.07) is 6.83. The standard InChI is InChI=1S/C17H25FN2O/c1-3-20(4-2)17(21)16-12-13(9-10-19-16)11-14-7-5-6-8-15(14)18/h5-8,13,16,19H,3-4,9-12H2,1-2H3. The van der Waals surface area contributed by atoms with Gasteiger partial charge in [0.2, 0.25) is 5.91 Å². The van der Waals surface area contributed by atoms with Crippen LogP contribution >= 0.6 is 0 Å². The first kappa shape index (κ1) is 16.0. The van der Waals surface area contributed by atoms with Crippen molar-refractivity contribution in [3.63, 3.8) is 0 Å². The monoisotopic (exact) mass is 292 g/mol. The minimum absolute atomic E-state index is 0.115. The molecule has 4 heteroatoms. The average molecular weight is 292 g/mol. The van der Waals surface area contributed by atoms with Gasteiger partial charge in [-0.1, -0.05) is 18.2 Å². The molecular weight excluding hydrogens is 267 g/mol. The summed E-state index contributed by atoms with van der Waals surface area (Å²) < 4.78 is 13.7. The Kier molecular flexibility index (Phi) is 5.74. The zero-order valence-corrected chi connectivity index (χ0v) is 12.9. The number of halogens is 1. The van der Waals surface area contributed by atoms with Crippen LogP contribution in [-0.2, 0) is 11.2 Å². The van der Waals surface area contributed by atoms with E-state index in [4.69, 9.17) is 0 Å². The van der Waals surface area contributed by atoms with E-state index in [2.05, 4.69) is 5.32 Å². The van der Waals surface area contributed by atoms with Gasteiger partial charge in [-0.2, -0.15) is 0 Å². The molecule has 1 aliphatic rings. The minimum Gasteiger partial charge on any atom is -0.342 e. The van der Waals surface area contributed by atoms with Crippen LogP contribution in [0.15, 0.2) is 24.3 Å². The molecule has 1 heterocycles. The molecule has 21 heavy (non-hydrogen) atoms. The number of carbonyl (C=O) groups excluding carboxylic acids is 1. The van der Waals surface area contributed by atoms with Gasteiger partial charge in [0, 0.05) is 13.1 Å². The molecule has 1 fully saturated rings. The molecule has 1 aliphatic heterocycles. The van der Waals surface area contributed by atoms with Crippen molar-refractivity contribution in [2.45, 2.75) is 39.2 Å². The van der Waals surface area contributed by atoms with E-state index >= 15 is 0 Å². The molecule has 3 nitrogen and oxygen atoms in total. The lowest BCUT2D eigenvalue weighted by Crippen LogP contribution is -2.50. The van der Waals surface area contributed by atoms with Gasteiger partial charge in [-0.25, -0.2) is 4.39 Å². The van der Waals surface area contributed by atoms with E-state index in [0.717, 1.165) is 44.5 Å². The second kappa shape index (κ2) is 7.55. The number of amides is 1. The number of rotatable bonds is 5. The van der Waals surface area contributed by atoms with E-state index in [1.807, 2.05) is 30.9 Å². The van der Waals surface area contributed by atoms with Crippen molar-refractivity contribution in [3.8, 4) is 0 Å². The van der Waals surface area contributed by atoms with Crippen molar-refractivity contribution in [3.05, 3.63) is 35.6 Å². The van der Waals surface area contributed by atoms with Crippen LogP contribution < -0.4 is 5.32 Å². The Morgan fingerprint density at radius 3 is 2.71 bits per heavy atom. The summed E-state index contributed by atoms with van der Waals surface area (Å²) in [5, 5.41) is 3.31. The number of piperidine rings is 1. The van der Waals surface area contributed by atoms with Gasteiger partial charge >= 0.3 is 0 Å². The molecule has 1 saturated heterocycles. The van der Waals surface area contributed by atoms with Crippen LogP contribution in [0.2, 0.25) is 0 Å². The maximum atomic E-state index is 13.7. The molecule has 1 amide bonds. The third kappa shape index (κ3) is 4.03. The van der Waals surface area contributed by atoms with Gasteiger partial charge in [0.15, 0.2) is 0 Å². The Morgan fingerprint density at radius 2 is 2.05 bits per heavy atom. The van der Waals surface area contributed by atoms with Crippen LogP contribution in [0.5, 0.6) is 0 Å². The fraction of sp³-hybridized carbons (Fsp3) is 0.588. The summed E-state index contributed by atoms with van der Waals surface area (Å²) >= 11 is 0. The SMILES string of the molecule is CCN(CC)C(=O)C1CC(Cc2ccccc2F)CCN1. The summed E-state index contributed by atoms with van der Waals surface area (Å²) in [4.78, 5) is 14.3. The number of nitrogens with one attached hydrogen (secondary N) is 1. The highest BCUT2D eigenvalue weighted by Gasteiger charge is 2.29. The van der Waals surface area contributed by atoms with Crippen molar-refractivity contribution in [2.24, 2.45) is 5.92 Å². The number of carbonyl (C=O) groups is 1. The molecule has 2 unspecified atom stereocenters. The van der Waals surface area contributed by atoms with Gasteiger partial charge in [-0.05, 0) is 57.2 Å². The lowest BCUT2D eigenvalue weighted by Gasteiger charge is -2.33. The predicted molar refractivity (Wildman–Crippen MR) is 82.5 cm³/mol. The maximum Gasteiger partial charge on any atom is 0.239 e. The van der Waals surface area contributed by atoms with Gasteiger partial charge in [-0.3, -0.25) is 4.79 Å². The van der Waals surface area contributed by atoms with E-state index in [-0.39, 0.29) is 17.8 Å². The van der Waals surface area contributed by atoms with Crippen LogP contribution in [0.3, 0.4) is 0 Å². The fourth-order valence-corrected chi connectivity index (χ4v) is 3.10. The molecule has 1 aromatic rings. The fourth-order valence-electron chi connectivity index (χ4n) is 3.10. The van der Waals surface area contributed by atoms with Crippen LogP contribution in [0.25, 0.3) is 0 Å². The highest BCUT2D eigenvalue weighted by Crippen LogP contribution is 2.23. The largest absolute Gasteiger partial charge is 0.342 e. The molecule has 0 radical (unpaired) electrons. The summed E-state index contributed by atoms with van der Waals surface area (Å²) in [7, 11) is 0. The van der Waals surface area contributed by atoms with Crippen molar-refractivity contribution < 1.29 is 9.18 Å². The van der Waals surface area contributed by atoms with Crippen molar-refractivity contribution in [1.82, 2.24) is 10.2 Å². The summed E-state index contributed by atoms with van der Waals surface area (Å²) in [5.74, 6) is 0.411. The lowest BCUT2D eigenvalue weighted by molar-refractivity contribution is -0.134. The molecule has 0 bridgehead atoms. The Bertz CT molecular complexity index is 474. The van der Waals surface area contributed by atoms with Crippen LogP contribution in [0.1, 0.15) is 32.3 Å². The van der Waals surface area contributed by atoms with Gasteiger partial charge in [0.25, 0.3) is 0 Å². The normalized spacial score (nSPS) is 22.0. The predicted octanol–water partition coefficient (Wildman–Crippen LogP) is 2.60. The quantitative estimate of drug-likeness (QED) is 0.905. The van der Waals surface area contributed by atoms with Gasteiger partial charge < -0.3 is 10.2 Å². The second-order valence-corrected chi connectivity index (χ2v) is 5.70. The van der Waals surface area contributed by atoms with Gasteiger partial charge in [-0.15, -0.1) is 0 Å². The third-order valence-electron chi connectivity index (χ3n) is 4.35. The average Bonchev–Trinajstić information content (AvgIpc) is 2.51. The molecule has 1 N–H and O–H groups in total. The van der Waals surface area contributed by atoms with E-state index in [0.29, 0.717) is 5.92 Å². The molecule has 0 aromatic heterocycles. The van der Waals surface area contributed by atoms with Gasteiger partial charge in [0.1, 0.15) is 5.82 Å². The highest BCUT2D eigenvalue weighted by atomic mass is 19.1. The van der Waals surface area contributed by atoms with E-state index in [1.54, 1.807) is 6.07 Å². The number of nitrogens with zero attached hydrogens (tertiary/aromatic N) is 1. The highest BCUT2D eigenvalue weighted by molar-refractivity contribution is 5.82. The van der Waals surface area contributed by atoms with E-state index in [1.165, 1.54) is 6.07 Å². The zero-order chi connectivity index (χ0) is 15.2. The molecule has 2 rings (SSSR count). The second-order valence-electron chi connectivity index (χ2n) is 5.70. The first-order valence-corrected chi connectivity index (χ1v) is 7.91. The minimum atomic E-state index is -0.136. The van der Waals surface area contributed by atoms with Crippen molar-refractivity contribution in [2.75, 3.05) is 19.6 Å². The van der Waals surface area contributed by atoms with Crippen LogP contribution in [-0.4, -0.2) is 36.5 Å². The third-order valence-corrected chi connectivity index (χ3v) is 4.35. The molecule has 2 atom stereocenters. The number of hydrogen-bond donors (Lipinski definition) is 1. The molecule has 0 saturated carbocycles. The molecule has 116 valence electrons. The number of likely N-dealkylation sites (N-methyl/N-ethyl adjacent to an activating group) is 1. The molecule has 1 aromatic carbocycles. The number of benzene rings is 1. The lowest BCUT2D eigenvalue weighted by atomic mass is 9.86. The maximum absolute atomic E-state index is 13.7. The summed E-state index contributed by atoms with van der Waals surface area (Å²) in [6.07, 6.45) is 2.51. The molecular formula is C17H25FN2O. The van der Waals surface area contributed by atoms with Gasteiger partial charge in [0.05, 0.1) is 6.04 Å². The van der Waals surface area contributed by atoms with E-state index in [9.17, 15) is 9.18 Å². The topological polar surface area (TPSA) is 32.3 Å². The van der Waals surface area contributed by atoms with E-state index < -0.39 is 0 Å². The van der Waals surface area contributed by atoms with Crippen molar-refractivity contribution >= 4 is 5.91 Å². The van der Waals surface area contributed by atoms with Crippen LogP contribution in [0.4, 0.5) is 4.39 Å². The Morgan fingerprint density at radius 1 is 1.33 bits per heavy atom. The first-order chi connectivity index (χ1) is 10.2. The molecule has 0 aliphatic carbocycles. The van der Waals surface area contributed by atoms with Crippen LogP contribution in [0, 0.1) is 11.7 Å². The first-order valence-electron chi connectivity index (χ1n) is 7.91. The number of hydrogen-bond acceptors (Lipinski definition) is 2. The summed E-state index contributed by atoms with van der Waals surface area (Å²) in [5.41, 5.74) is 0.762. The Hall–Kier alpha value is -1.42.